The van der Waals surface area contributed by atoms with Crippen LogP contribution in [-0.2, 0) is 16.0 Å². The van der Waals surface area contributed by atoms with Crippen LogP contribution in [0.1, 0.15) is 25.0 Å². The van der Waals surface area contributed by atoms with Gasteiger partial charge in [0.2, 0.25) is 5.91 Å². The lowest BCUT2D eigenvalue weighted by Crippen LogP contribution is -2.43. The number of aromatic nitrogens is 1. The summed E-state index contributed by atoms with van der Waals surface area (Å²) in [4.78, 5) is 21.3. The number of benzene rings is 1. The van der Waals surface area contributed by atoms with E-state index < -0.39 is 0 Å². The molecule has 1 atom stereocenters. The standard InChI is InChI=1S/C21H31N5O2.HI/c1-26(2)20(27)15-24-21(23-14-18-8-5-6-12-28-18)22-11-10-17-13-16-7-3-4-9-19(16)25-17;/h3-4,7,9,13,18,25H,5-6,8,10-12,14-15H2,1-2H3,(H2,22,23,24);1H. The average Bonchev–Trinajstić information content (AvgIpc) is 3.12. The Kier molecular flexibility index (Phi) is 9.72. The molecule has 0 radical (unpaired) electrons. The third-order valence-corrected chi connectivity index (χ3v) is 4.91. The highest BCUT2D eigenvalue weighted by Gasteiger charge is 2.14. The van der Waals surface area contributed by atoms with Crippen LogP contribution in [0.5, 0.6) is 0 Å². The Morgan fingerprint density at radius 2 is 2.10 bits per heavy atom. The number of guanidine groups is 1. The van der Waals surface area contributed by atoms with Crippen LogP contribution in [0.4, 0.5) is 0 Å². The maximum absolute atomic E-state index is 11.9. The number of amides is 1. The smallest absolute Gasteiger partial charge is 0.243 e. The number of carbonyl (C=O) groups is 1. The minimum atomic E-state index is -0.0226. The van der Waals surface area contributed by atoms with Crippen LogP contribution in [0.15, 0.2) is 35.3 Å². The van der Waals surface area contributed by atoms with Gasteiger partial charge in [0.1, 0.15) is 6.54 Å². The first-order chi connectivity index (χ1) is 13.6. The second-order valence-corrected chi connectivity index (χ2v) is 7.38. The monoisotopic (exact) mass is 513 g/mol. The lowest BCUT2D eigenvalue weighted by Gasteiger charge is -2.24. The summed E-state index contributed by atoms with van der Waals surface area (Å²) in [5.41, 5.74) is 2.32. The highest BCUT2D eigenvalue weighted by atomic mass is 127. The summed E-state index contributed by atoms with van der Waals surface area (Å²) in [5.74, 6) is 0.631. The van der Waals surface area contributed by atoms with Crippen LogP contribution in [0.2, 0.25) is 0 Å². The Morgan fingerprint density at radius 3 is 2.83 bits per heavy atom. The van der Waals surface area contributed by atoms with Crippen molar-refractivity contribution in [1.29, 1.82) is 0 Å². The molecule has 1 amide bonds. The molecule has 2 aromatic rings. The van der Waals surface area contributed by atoms with Crippen LogP contribution in [0.25, 0.3) is 10.9 Å². The van der Waals surface area contributed by atoms with Gasteiger partial charge < -0.3 is 25.3 Å². The quantitative estimate of drug-likeness (QED) is 0.302. The van der Waals surface area contributed by atoms with Gasteiger partial charge in [0.15, 0.2) is 5.96 Å². The highest BCUT2D eigenvalue weighted by Crippen LogP contribution is 2.14. The molecule has 0 saturated carbocycles. The van der Waals surface area contributed by atoms with Gasteiger partial charge in [0.05, 0.1) is 6.10 Å². The largest absolute Gasteiger partial charge is 0.376 e. The first-order valence-electron chi connectivity index (χ1n) is 10.0. The maximum Gasteiger partial charge on any atom is 0.243 e. The number of carbonyl (C=O) groups excluding carboxylic acids is 1. The molecule has 1 aliphatic heterocycles. The maximum atomic E-state index is 11.9. The minimum absolute atomic E-state index is 0. The molecule has 1 saturated heterocycles. The molecule has 3 rings (SSSR count). The number of hydrogen-bond acceptors (Lipinski definition) is 3. The molecule has 1 fully saturated rings. The van der Waals surface area contributed by atoms with E-state index in [1.165, 1.54) is 17.5 Å². The molecule has 3 N–H and O–H groups in total. The summed E-state index contributed by atoms with van der Waals surface area (Å²) in [6, 6.07) is 10.4. The van der Waals surface area contributed by atoms with Crippen LogP contribution >= 0.6 is 24.0 Å². The van der Waals surface area contributed by atoms with Gasteiger partial charge in [-0.3, -0.25) is 4.79 Å². The van der Waals surface area contributed by atoms with Crippen molar-refractivity contribution in [1.82, 2.24) is 20.5 Å². The first kappa shape index (κ1) is 23.5. The van der Waals surface area contributed by atoms with E-state index in [2.05, 4.69) is 38.8 Å². The van der Waals surface area contributed by atoms with E-state index in [-0.39, 0.29) is 42.5 Å². The molecule has 1 aromatic heterocycles. The summed E-state index contributed by atoms with van der Waals surface area (Å²) < 4.78 is 5.77. The van der Waals surface area contributed by atoms with E-state index in [4.69, 9.17) is 4.74 Å². The molecule has 1 aliphatic rings. The molecular formula is C21H32IN5O2. The summed E-state index contributed by atoms with van der Waals surface area (Å²) in [7, 11) is 3.48. The van der Waals surface area contributed by atoms with Crippen molar-refractivity contribution in [2.75, 3.05) is 40.3 Å². The summed E-state index contributed by atoms with van der Waals surface area (Å²) in [6.45, 7) is 2.38. The minimum Gasteiger partial charge on any atom is -0.376 e. The van der Waals surface area contributed by atoms with Gasteiger partial charge >= 0.3 is 0 Å². The van der Waals surface area contributed by atoms with Gasteiger partial charge in [-0.2, -0.15) is 0 Å². The number of aromatic amines is 1. The number of halogens is 1. The molecule has 7 nitrogen and oxygen atoms in total. The third kappa shape index (κ3) is 7.50. The van der Waals surface area contributed by atoms with Crippen molar-refractivity contribution < 1.29 is 9.53 Å². The van der Waals surface area contributed by atoms with Crippen LogP contribution in [0.3, 0.4) is 0 Å². The van der Waals surface area contributed by atoms with E-state index in [0.29, 0.717) is 12.5 Å². The Balaban J connectivity index is 0.00000300. The lowest BCUT2D eigenvalue weighted by molar-refractivity contribution is -0.127. The Labute approximate surface area is 189 Å². The number of hydrogen-bond donors (Lipinski definition) is 3. The zero-order valence-corrected chi connectivity index (χ0v) is 19.6. The van der Waals surface area contributed by atoms with E-state index in [1.54, 1.807) is 19.0 Å². The first-order valence-corrected chi connectivity index (χ1v) is 10.0. The summed E-state index contributed by atoms with van der Waals surface area (Å²) in [6.07, 6.45) is 4.45. The fourth-order valence-corrected chi connectivity index (χ4v) is 3.23. The predicted octanol–water partition coefficient (Wildman–Crippen LogP) is 2.52. The van der Waals surface area contributed by atoms with Gasteiger partial charge in [-0.05, 0) is 36.8 Å². The van der Waals surface area contributed by atoms with Crippen LogP contribution < -0.4 is 10.6 Å². The Hall–Kier alpha value is -1.81. The Bertz CT molecular complexity index is 766. The summed E-state index contributed by atoms with van der Waals surface area (Å²) in [5, 5.41) is 7.89. The van der Waals surface area contributed by atoms with Crippen molar-refractivity contribution in [3.05, 3.63) is 36.0 Å². The topological polar surface area (TPSA) is 81.8 Å². The van der Waals surface area contributed by atoms with Gasteiger partial charge in [0.25, 0.3) is 0 Å². The molecule has 29 heavy (non-hydrogen) atoms. The number of fused-ring (bicyclic) bond motifs is 1. The molecule has 1 aromatic carbocycles. The second-order valence-electron chi connectivity index (χ2n) is 7.38. The van der Waals surface area contributed by atoms with Crippen LogP contribution in [-0.4, -0.2) is 68.2 Å². The predicted molar refractivity (Wildman–Crippen MR) is 128 cm³/mol. The average molecular weight is 513 g/mol. The SMILES string of the molecule is CN(C)C(=O)CN=C(NCCc1cc2ccccc2[nH]1)NCC1CCCCO1.I. The van der Waals surface area contributed by atoms with Crippen molar-refractivity contribution in [2.24, 2.45) is 4.99 Å². The molecule has 1 unspecified atom stereocenters. The number of aliphatic imine (C=N–C) groups is 1. The molecule has 0 spiro atoms. The zero-order chi connectivity index (χ0) is 19.8. The van der Waals surface area contributed by atoms with Crippen molar-refractivity contribution in [2.45, 2.75) is 31.8 Å². The van der Waals surface area contributed by atoms with E-state index >= 15 is 0 Å². The molecule has 0 bridgehead atoms. The van der Waals surface area contributed by atoms with Gasteiger partial charge in [-0.1, -0.05) is 18.2 Å². The number of ether oxygens (including phenoxy) is 1. The van der Waals surface area contributed by atoms with Crippen LogP contribution in [0, 0.1) is 0 Å². The normalized spacial score (nSPS) is 16.9. The molecular weight excluding hydrogens is 481 g/mol. The molecule has 0 aliphatic carbocycles. The molecule has 2 heterocycles. The Morgan fingerprint density at radius 1 is 1.28 bits per heavy atom. The number of nitrogens with zero attached hydrogens (tertiary/aromatic N) is 2. The fourth-order valence-electron chi connectivity index (χ4n) is 3.23. The van der Waals surface area contributed by atoms with Crippen molar-refractivity contribution in [3.8, 4) is 0 Å². The fraction of sp³-hybridized carbons (Fsp3) is 0.524. The summed E-state index contributed by atoms with van der Waals surface area (Å²) >= 11 is 0. The number of likely N-dealkylation sites (N-methyl/N-ethyl adjacent to an activating group) is 1. The van der Waals surface area contributed by atoms with Gasteiger partial charge in [-0.25, -0.2) is 4.99 Å². The zero-order valence-electron chi connectivity index (χ0n) is 17.2. The third-order valence-electron chi connectivity index (χ3n) is 4.91. The van der Waals surface area contributed by atoms with E-state index in [9.17, 15) is 4.79 Å². The number of nitrogens with one attached hydrogen (secondary N) is 3. The van der Waals surface area contributed by atoms with Gasteiger partial charge in [0, 0.05) is 51.4 Å². The molecule has 8 heteroatoms. The highest BCUT2D eigenvalue weighted by molar-refractivity contribution is 14.0. The molecule has 160 valence electrons. The lowest BCUT2D eigenvalue weighted by atomic mass is 10.1. The van der Waals surface area contributed by atoms with Gasteiger partial charge in [-0.15, -0.1) is 24.0 Å². The second kappa shape index (κ2) is 12.0. The van der Waals surface area contributed by atoms with E-state index in [0.717, 1.165) is 37.9 Å². The van der Waals surface area contributed by atoms with Crippen molar-refractivity contribution in [3.63, 3.8) is 0 Å². The number of para-hydroxylation sites is 1. The van der Waals surface area contributed by atoms with E-state index in [1.807, 2.05) is 12.1 Å². The van der Waals surface area contributed by atoms with Crippen molar-refractivity contribution >= 4 is 46.7 Å². The number of H-pyrrole nitrogens is 1. The number of rotatable bonds is 7.